The third-order valence-electron chi connectivity index (χ3n) is 4.03. The van der Waals surface area contributed by atoms with Gasteiger partial charge in [0.25, 0.3) is 5.91 Å². The number of amides is 1. The first-order valence-electron chi connectivity index (χ1n) is 8.28. The summed E-state index contributed by atoms with van der Waals surface area (Å²) in [4.78, 5) is 12.5. The molecule has 0 saturated carbocycles. The lowest BCUT2D eigenvalue weighted by Crippen LogP contribution is -2.17. The molecule has 2 aromatic carbocycles. The summed E-state index contributed by atoms with van der Waals surface area (Å²) in [6, 6.07) is 7.67. The van der Waals surface area contributed by atoms with Crippen LogP contribution in [0.25, 0.3) is 5.69 Å². The fraction of sp³-hybridized carbons (Fsp3) is 0.158. The molecular weight excluding hydrogens is 436 g/mol. The molecule has 4 nitrogen and oxygen atoms in total. The Hall–Kier alpha value is -3.01. The van der Waals surface area contributed by atoms with Crippen LogP contribution in [0.1, 0.15) is 27.2 Å². The Morgan fingerprint density at radius 3 is 2.23 bits per heavy atom. The number of nitrogens with one attached hydrogen (secondary N) is 1. The predicted molar refractivity (Wildman–Crippen MR) is 97.7 cm³/mol. The maximum Gasteiger partial charge on any atom is 0.416 e. The molecule has 1 aromatic heterocycles. The minimum absolute atomic E-state index is 0.0591. The summed E-state index contributed by atoms with van der Waals surface area (Å²) in [6.07, 6.45) is -9.27. The van der Waals surface area contributed by atoms with Crippen LogP contribution in [-0.4, -0.2) is 15.7 Å². The zero-order valence-electron chi connectivity index (χ0n) is 15.1. The van der Waals surface area contributed by atoms with Crippen LogP contribution in [0.15, 0.2) is 48.5 Å². The standard InChI is InChI=1S/C19H12ClF6N3O/c1-10-7-16(27-17(30)11-3-2-4-12(8-11)18(21,22)23)29(28-10)15-9-13(19(24,25)26)5-6-14(15)20/h2-9H,1H3,(H,27,30). The number of carbonyl (C=O) groups is 1. The Balaban J connectivity index is 1.99. The molecule has 0 aliphatic carbocycles. The first-order chi connectivity index (χ1) is 13.9. The molecule has 0 bridgehead atoms. The van der Waals surface area contributed by atoms with Gasteiger partial charge in [-0.25, -0.2) is 4.68 Å². The van der Waals surface area contributed by atoms with Crippen molar-refractivity contribution in [2.45, 2.75) is 19.3 Å². The molecule has 158 valence electrons. The molecule has 11 heteroatoms. The molecule has 0 aliphatic rings. The van der Waals surface area contributed by atoms with Crippen LogP contribution in [0.2, 0.25) is 5.02 Å². The van der Waals surface area contributed by atoms with Gasteiger partial charge in [-0.1, -0.05) is 17.7 Å². The summed E-state index contributed by atoms with van der Waals surface area (Å²) < 4.78 is 78.8. The normalized spacial score (nSPS) is 12.1. The fourth-order valence-corrected chi connectivity index (χ4v) is 2.85. The second-order valence-electron chi connectivity index (χ2n) is 6.28. The van der Waals surface area contributed by atoms with Crippen molar-refractivity contribution in [1.82, 2.24) is 9.78 Å². The molecule has 0 radical (unpaired) electrons. The fourth-order valence-electron chi connectivity index (χ4n) is 2.65. The van der Waals surface area contributed by atoms with E-state index in [1.54, 1.807) is 0 Å². The van der Waals surface area contributed by atoms with Gasteiger partial charge >= 0.3 is 12.4 Å². The Morgan fingerprint density at radius 1 is 0.967 bits per heavy atom. The Labute approximate surface area is 171 Å². The highest BCUT2D eigenvalue weighted by Crippen LogP contribution is 2.34. The lowest BCUT2D eigenvalue weighted by molar-refractivity contribution is -0.138. The number of nitrogens with zero attached hydrogens (tertiary/aromatic N) is 2. The minimum Gasteiger partial charge on any atom is -0.306 e. The highest BCUT2D eigenvalue weighted by Gasteiger charge is 2.32. The molecule has 3 aromatic rings. The summed E-state index contributed by atoms with van der Waals surface area (Å²) in [7, 11) is 0. The van der Waals surface area contributed by atoms with Crippen LogP contribution in [0, 0.1) is 6.92 Å². The number of hydrogen-bond donors (Lipinski definition) is 1. The van der Waals surface area contributed by atoms with Crippen LogP contribution < -0.4 is 5.32 Å². The van der Waals surface area contributed by atoms with E-state index in [-0.39, 0.29) is 22.1 Å². The number of alkyl halides is 6. The van der Waals surface area contributed by atoms with Crippen molar-refractivity contribution in [3.8, 4) is 5.69 Å². The first kappa shape index (κ1) is 21.7. The number of anilines is 1. The van der Waals surface area contributed by atoms with Gasteiger partial charge in [0.15, 0.2) is 0 Å². The van der Waals surface area contributed by atoms with Crippen molar-refractivity contribution < 1.29 is 31.1 Å². The molecular formula is C19H12ClF6N3O. The van der Waals surface area contributed by atoms with E-state index in [2.05, 4.69) is 10.4 Å². The van der Waals surface area contributed by atoms with E-state index in [0.717, 1.165) is 35.0 Å². The number of aryl methyl sites for hydroxylation is 1. The van der Waals surface area contributed by atoms with Crippen molar-refractivity contribution in [2.75, 3.05) is 5.32 Å². The molecule has 0 saturated heterocycles. The topological polar surface area (TPSA) is 46.9 Å². The van der Waals surface area contributed by atoms with Gasteiger partial charge in [0.2, 0.25) is 0 Å². The first-order valence-corrected chi connectivity index (χ1v) is 8.66. The van der Waals surface area contributed by atoms with E-state index in [1.165, 1.54) is 19.1 Å². The number of aromatic nitrogens is 2. The third-order valence-corrected chi connectivity index (χ3v) is 4.35. The van der Waals surface area contributed by atoms with Crippen LogP contribution >= 0.6 is 11.6 Å². The van der Waals surface area contributed by atoms with Crippen molar-refractivity contribution in [3.05, 3.63) is 75.9 Å². The Kier molecular flexibility index (Phi) is 5.55. The summed E-state index contributed by atoms with van der Waals surface area (Å²) >= 11 is 6.02. The van der Waals surface area contributed by atoms with Gasteiger partial charge in [-0.2, -0.15) is 31.4 Å². The number of halogens is 7. The smallest absolute Gasteiger partial charge is 0.306 e. The van der Waals surface area contributed by atoms with Crippen molar-refractivity contribution in [1.29, 1.82) is 0 Å². The molecule has 0 fully saturated rings. The van der Waals surface area contributed by atoms with E-state index in [1.807, 2.05) is 0 Å². The predicted octanol–water partition coefficient (Wildman–Crippen LogP) is 6.12. The van der Waals surface area contributed by atoms with Crippen molar-refractivity contribution in [3.63, 3.8) is 0 Å². The molecule has 1 heterocycles. The summed E-state index contributed by atoms with van der Waals surface area (Å²) in [5.74, 6) is -0.957. The SMILES string of the molecule is Cc1cc(NC(=O)c2cccc(C(F)(F)F)c2)n(-c2cc(C(F)(F)F)ccc2Cl)n1. The molecule has 30 heavy (non-hydrogen) atoms. The van der Waals surface area contributed by atoms with Gasteiger partial charge in [-0.05, 0) is 43.3 Å². The molecule has 1 amide bonds. The average Bonchev–Trinajstić information content (AvgIpc) is 3.00. The Morgan fingerprint density at radius 2 is 1.60 bits per heavy atom. The van der Waals surface area contributed by atoms with Gasteiger partial charge in [-0.3, -0.25) is 4.79 Å². The van der Waals surface area contributed by atoms with Crippen LogP contribution in [0.5, 0.6) is 0 Å². The molecule has 0 aliphatic heterocycles. The lowest BCUT2D eigenvalue weighted by atomic mass is 10.1. The number of rotatable bonds is 3. The van der Waals surface area contributed by atoms with Crippen molar-refractivity contribution in [2.24, 2.45) is 0 Å². The molecule has 0 unspecified atom stereocenters. The van der Waals surface area contributed by atoms with E-state index in [4.69, 9.17) is 11.6 Å². The molecule has 1 N–H and O–H groups in total. The quantitative estimate of drug-likeness (QED) is 0.491. The monoisotopic (exact) mass is 447 g/mol. The largest absolute Gasteiger partial charge is 0.416 e. The molecule has 0 spiro atoms. The van der Waals surface area contributed by atoms with Crippen LogP contribution in [-0.2, 0) is 12.4 Å². The average molecular weight is 448 g/mol. The number of carbonyl (C=O) groups excluding carboxylic acids is 1. The van der Waals surface area contributed by atoms with Gasteiger partial charge in [0, 0.05) is 11.6 Å². The zero-order chi connectivity index (χ0) is 22.3. The maximum absolute atomic E-state index is 13.1. The van der Waals surface area contributed by atoms with Gasteiger partial charge in [0.05, 0.1) is 27.5 Å². The van der Waals surface area contributed by atoms with Gasteiger partial charge < -0.3 is 5.32 Å². The van der Waals surface area contributed by atoms with E-state index in [9.17, 15) is 31.1 Å². The highest BCUT2D eigenvalue weighted by atomic mass is 35.5. The number of benzene rings is 2. The van der Waals surface area contributed by atoms with E-state index >= 15 is 0 Å². The second-order valence-corrected chi connectivity index (χ2v) is 6.69. The second kappa shape index (κ2) is 7.67. The van der Waals surface area contributed by atoms with Crippen LogP contribution in [0.4, 0.5) is 32.2 Å². The van der Waals surface area contributed by atoms with E-state index < -0.39 is 29.4 Å². The van der Waals surface area contributed by atoms with Gasteiger partial charge in [0.1, 0.15) is 5.82 Å². The zero-order valence-corrected chi connectivity index (χ0v) is 15.8. The summed E-state index contributed by atoms with van der Waals surface area (Å²) in [6.45, 7) is 1.53. The molecule has 3 rings (SSSR count). The van der Waals surface area contributed by atoms with Crippen molar-refractivity contribution >= 4 is 23.3 Å². The lowest BCUT2D eigenvalue weighted by Gasteiger charge is -2.14. The minimum atomic E-state index is -4.64. The third kappa shape index (κ3) is 4.59. The number of hydrogen-bond acceptors (Lipinski definition) is 2. The van der Waals surface area contributed by atoms with Gasteiger partial charge in [-0.15, -0.1) is 0 Å². The summed E-state index contributed by atoms with van der Waals surface area (Å²) in [5.41, 5.74) is -2.10. The maximum atomic E-state index is 13.1. The highest BCUT2D eigenvalue weighted by molar-refractivity contribution is 6.32. The Bertz CT molecular complexity index is 1100. The van der Waals surface area contributed by atoms with Crippen LogP contribution in [0.3, 0.4) is 0 Å². The van der Waals surface area contributed by atoms with E-state index in [0.29, 0.717) is 11.8 Å². The molecule has 0 atom stereocenters. The summed E-state index contributed by atoms with van der Waals surface area (Å²) in [5, 5.41) is 6.33.